The molecule has 1 aliphatic heterocycles. The molecular weight excluding hydrogens is 404 g/mol. The number of amides is 1. The number of carbonyl (C=O) groups is 1. The molecule has 32 heavy (non-hydrogen) atoms. The number of nitrogens with zero attached hydrogens (tertiary/aromatic N) is 3. The maximum atomic E-state index is 13.7. The molecule has 1 atom stereocenters. The van der Waals surface area contributed by atoms with E-state index in [-0.39, 0.29) is 5.91 Å². The van der Waals surface area contributed by atoms with Gasteiger partial charge in [-0.05, 0) is 36.4 Å². The minimum Gasteiger partial charge on any atom is -0.497 e. The van der Waals surface area contributed by atoms with E-state index in [9.17, 15) is 4.79 Å². The van der Waals surface area contributed by atoms with E-state index in [2.05, 4.69) is 10.4 Å². The van der Waals surface area contributed by atoms with Gasteiger partial charge < -0.3 is 14.8 Å². The molecule has 1 N–H and O–H groups in total. The van der Waals surface area contributed by atoms with E-state index in [1.807, 2.05) is 72.9 Å². The number of para-hydroxylation sites is 2. The Labute approximate surface area is 185 Å². The van der Waals surface area contributed by atoms with Crippen molar-refractivity contribution in [1.82, 2.24) is 9.78 Å². The third-order valence-corrected chi connectivity index (χ3v) is 5.51. The molecule has 4 aromatic rings. The summed E-state index contributed by atoms with van der Waals surface area (Å²) in [5, 5.41) is 8.03. The summed E-state index contributed by atoms with van der Waals surface area (Å²) in [4.78, 5) is 15.4. The van der Waals surface area contributed by atoms with Crippen LogP contribution >= 0.6 is 0 Å². The summed E-state index contributed by atoms with van der Waals surface area (Å²) in [7, 11) is 3.18. The minimum absolute atomic E-state index is 0.125. The van der Waals surface area contributed by atoms with Crippen LogP contribution in [0.1, 0.15) is 22.1 Å². The second-order valence-electron chi connectivity index (χ2n) is 7.36. The summed E-state index contributed by atoms with van der Waals surface area (Å²) in [6, 6.07) is 22.8. The Morgan fingerprint density at radius 2 is 1.72 bits per heavy atom. The normalized spacial score (nSPS) is 15.1. The largest absolute Gasteiger partial charge is 0.497 e. The Kier molecular flexibility index (Phi) is 4.99. The highest BCUT2D eigenvalue weighted by atomic mass is 16.5. The van der Waals surface area contributed by atoms with Crippen LogP contribution in [0.5, 0.6) is 11.5 Å². The minimum atomic E-state index is -0.475. The SMILES string of the molecule is COc1ccc(N2C(=O)c3ccccc3N[C@@H]2c2cnn(-c3ccccc3)c2)c(OC)c1. The predicted octanol–water partition coefficient (Wildman–Crippen LogP) is 4.66. The molecule has 1 aromatic heterocycles. The first kappa shape index (κ1) is 19.7. The van der Waals surface area contributed by atoms with Gasteiger partial charge in [-0.3, -0.25) is 9.69 Å². The van der Waals surface area contributed by atoms with Crippen molar-refractivity contribution in [2.45, 2.75) is 6.17 Å². The van der Waals surface area contributed by atoms with Crippen LogP contribution in [0.25, 0.3) is 5.69 Å². The molecule has 0 aliphatic carbocycles. The van der Waals surface area contributed by atoms with Gasteiger partial charge in [-0.15, -0.1) is 0 Å². The second kappa shape index (κ2) is 8.11. The lowest BCUT2D eigenvalue weighted by molar-refractivity contribution is 0.0974. The molecule has 7 nitrogen and oxygen atoms in total. The van der Waals surface area contributed by atoms with Crippen LogP contribution in [0.3, 0.4) is 0 Å². The van der Waals surface area contributed by atoms with Crippen molar-refractivity contribution >= 4 is 17.3 Å². The molecule has 0 unspecified atom stereocenters. The van der Waals surface area contributed by atoms with Crippen LogP contribution in [0.2, 0.25) is 0 Å². The van der Waals surface area contributed by atoms with E-state index in [1.165, 1.54) is 0 Å². The summed E-state index contributed by atoms with van der Waals surface area (Å²) in [5.41, 5.74) is 3.79. The van der Waals surface area contributed by atoms with Crippen molar-refractivity contribution in [2.24, 2.45) is 0 Å². The molecule has 0 saturated heterocycles. The standard InChI is InChI=1S/C25H22N4O3/c1-31-19-12-13-22(23(14-19)32-2)29-24(27-21-11-7-6-10-20(21)25(29)30)17-15-26-28(16-17)18-8-4-3-5-9-18/h3-16,24,27H,1-2H3/t24-/m0/s1. The Hall–Kier alpha value is -4.26. The second-order valence-corrected chi connectivity index (χ2v) is 7.36. The van der Waals surface area contributed by atoms with Gasteiger partial charge in [0.1, 0.15) is 17.7 Å². The lowest BCUT2D eigenvalue weighted by Crippen LogP contribution is -2.43. The number of aromatic nitrogens is 2. The van der Waals surface area contributed by atoms with Crippen molar-refractivity contribution in [2.75, 3.05) is 24.4 Å². The summed E-state index contributed by atoms with van der Waals surface area (Å²) >= 11 is 0. The third kappa shape index (κ3) is 3.33. The zero-order valence-electron chi connectivity index (χ0n) is 17.7. The lowest BCUT2D eigenvalue weighted by Gasteiger charge is -2.38. The molecule has 1 aliphatic rings. The number of nitrogens with one attached hydrogen (secondary N) is 1. The van der Waals surface area contributed by atoms with Gasteiger partial charge in [0.2, 0.25) is 0 Å². The zero-order valence-corrected chi connectivity index (χ0v) is 17.7. The van der Waals surface area contributed by atoms with Gasteiger partial charge in [0.05, 0.1) is 37.4 Å². The van der Waals surface area contributed by atoms with Crippen molar-refractivity contribution in [3.63, 3.8) is 0 Å². The van der Waals surface area contributed by atoms with E-state index in [0.29, 0.717) is 22.7 Å². The van der Waals surface area contributed by atoms with Crippen molar-refractivity contribution in [3.8, 4) is 17.2 Å². The maximum Gasteiger partial charge on any atom is 0.262 e. The van der Waals surface area contributed by atoms with Gasteiger partial charge in [0.25, 0.3) is 5.91 Å². The quantitative estimate of drug-likeness (QED) is 0.503. The topological polar surface area (TPSA) is 68.6 Å². The molecule has 7 heteroatoms. The van der Waals surface area contributed by atoms with Crippen LogP contribution < -0.4 is 19.7 Å². The van der Waals surface area contributed by atoms with Crippen molar-refractivity contribution in [3.05, 3.63) is 96.3 Å². The number of methoxy groups -OCH3 is 2. The van der Waals surface area contributed by atoms with Gasteiger partial charge in [0, 0.05) is 23.5 Å². The lowest BCUT2D eigenvalue weighted by atomic mass is 10.0. The van der Waals surface area contributed by atoms with Gasteiger partial charge in [-0.1, -0.05) is 30.3 Å². The molecule has 3 aromatic carbocycles. The highest BCUT2D eigenvalue weighted by molar-refractivity contribution is 6.12. The van der Waals surface area contributed by atoms with E-state index >= 15 is 0 Å². The summed E-state index contributed by atoms with van der Waals surface area (Å²) in [5.74, 6) is 1.07. The van der Waals surface area contributed by atoms with E-state index in [0.717, 1.165) is 16.9 Å². The average molecular weight is 426 g/mol. The maximum absolute atomic E-state index is 13.7. The fraction of sp³-hybridized carbons (Fsp3) is 0.120. The fourth-order valence-electron chi connectivity index (χ4n) is 3.92. The number of benzene rings is 3. The molecule has 0 spiro atoms. The molecule has 160 valence electrons. The first-order valence-electron chi connectivity index (χ1n) is 10.2. The number of rotatable bonds is 5. The van der Waals surface area contributed by atoms with Gasteiger partial charge in [-0.25, -0.2) is 4.68 Å². The predicted molar refractivity (Wildman–Crippen MR) is 123 cm³/mol. The number of fused-ring (bicyclic) bond motifs is 1. The highest BCUT2D eigenvalue weighted by Gasteiger charge is 2.36. The first-order valence-corrected chi connectivity index (χ1v) is 10.2. The molecule has 0 saturated carbocycles. The molecule has 0 bridgehead atoms. The number of carbonyl (C=O) groups excluding carboxylic acids is 1. The van der Waals surface area contributed by atoms with Crippen molar-refractivity contribution in [1.29, 1.82) is 0 Å². The smallest absolute Gasteiger partial charge is 0.262 e. The van der Waals surface area contributed by atoms with Gasteiger partial charge >= 0.3 is 0 Å². The summed E-state index contributed by atoms with van der Waals surface area (Å²) in [6.45, 7) is 0. The average Bonchev–Trinajstić information content (AvgIpc) is 3.34. The van der Waals surface area contributed by atoms with E-state index in [4.69, 9.17) is 9.47 Å². The highest BCUT2D eigenvalue weighted by Crippen LogP contribution is 2.41. The molecule has 1 amide bonds. The van der Waals surface area contributed by atoms with Gasteiger partial charge in [0.15, 0.2) is 0 Å². The number of hydrogen-bond acceptors (Lipinski definition) is 5. The molecule has 0 radical (unpaired) electrons. The van der Waals surface area contributed by atoms with Crippen LogP contribution in [-0.4, -0.2) is 29.9 Å². The van der Waals surface area contributed by atoms with Crippen LogP contribution in [0, 0.1) is 0 Å². The Bertz CT molecular complexity index is 1270. The fourth-order valence-corrected chi connectivity index (χ4v) is 3.92. The number of anilines is 2. The van der Waals surface area contributed by atoms with Crippen LogP contribution in [-0.2, 0) is 0 Å². The summed E-state index contributed by atoms with van der Waals surface area (Å²) < 4.78 is 12.7. The zero-order chi connectivity index (χ0) is 22.1. The molecular formula is C25H22N4O3. The van der Waals surface area contributed by atoms with Gasteiger partial charge in [-0.2, -0.15) is 5.10 Å². The van der Waals surface area contributed by atoms with Crippen molar-refractivity contribution < 1.29 is 14.3 Å². The molecule has 0 fully saturated rings. The monoisotopic (exact) mass is 426 g/mol. The Morgan fingerprint density at radius 1 is 0.938 bits per heavy atom. The number of hydrogen-bond donors (Lipinski definition) is 1. The third-order valence-electron chi connectivity index (χ3n) is 5.51. The molecule has 2 heterocycles. The van der Waals surface area contributed by atoms with E-state index < -0.39 is 6.17 Å². The van der Waals surface area contributed by atoms with Crippen LogP contribution in [0.4, 0.5) is 11.4 Å². The Morgan fingerprint density at radius 3 is 2.50 bits per heavy atom. The van der Waals surface area contributed by atoms with E-state index in [1.54, 1.807) is 36.1 Å². The van der Waals surface area contributed by atoms with Crippen LogP contribution in [0.15, 0.2) is 85.2 Å². The number of ether oxygens (including phenoxy) is 2. The Balaban J connectivity index is 1.63. The first-order chi connectivity index (χ1) is 15.7. The summed E-state index contributed by atoms with van der Waals surface area (Å²) in [6.07, 6.45) is 3.23. The molecule has 5 rings (SSSR count).